The van der Waals surface area contributed by atoms with Gasteiger partial charge in [-0.05, 0) is 76.8 Å². The molecule has 0 aliphatic heterocycles. The van der Waals surface area contributed by atoms with Gasteiger partial charge in [0.15, 0.2) is 0 Å². The largest absolute Gasteiger partial charge is 0.317 e. The minimum atomic E-state index is 0.929. The molecule has 1 aliphatic rings. The minimum absolute atomic E-state index is 0.929. The third kappa shape index (κ3) is 6.72. The molecule has 0 heterocycles. The molecule has 0 saturated heterocycles. The van der Waals surface area contributed by atoms with Gasteiger partial charge in [0, 0.05) is 0 Å². The molecular formula is C15H33N3. The summed E-state index contributed by atoms with van der Waals surface area (Å²) >= 11 is 0. The highest BCUT2D eigenvalue weighted by Crippen LogP contribution is 2.32. The van der Waals surface area contributed by atoms with Gasteiger partial charge in [-0.2, -0.15) is 0 Å². The normalized spacial score (nSPS) is 23.0. The van der Waals surface area contributed by atoms with Crippen LogP contribution in [0.4, 0.5) is 0 Å². The Morgan fingerprint density at radius 2 is 1.33 bits per heavy atom. The van der Waals surface area contributed by atoms with Crippen molar-refractivity contribution in [2.24, 2.45) is 11.8 Å². The zero-order valence-electron chi connectivity index (χ0n) is 12.4. The molecule has 1 saturated carbocycles. The van der Waals surface area contributed by atoms with Crippen molar-refractivity contribution in [2.45, 2.75) is 46.0 Å². The monoisotopic (exact) mass is 255 g/mol. The Morgan fingerprint density at radius 3 is 1.83 bits per heavy atom. The maximum Gasteiger partial charge on any atom is -0.00174 e. The standard InChI is InChI=1S/C15H33N3/c1-3-5-9-17-12-14-7-8-15(14)13-18-11-6-10-16-4-2/h14-18H,3-13H2,1-2H3. The van der Waals surface area contributed by atoms with E-state index in [-0.39, 0.29) is 0 Å². The van der Waals surface area contributed by atoms with Crippen LogP contribution in [0.25, 0.3) is 0 Å². The fourth-order valence-corrected chi connectivity index (χ4v) is 2.57. The average molecular weight is 255 g/mol. The first-order chi connectivity index (χ1) is 8.88. The van der Waals surface area contributed by atoms with Crippen molar-refractivity contribution in [1.82, 2.24) is 16.0 Å². The number of nitrogens with one attached hydrogen (secondary N) is 3. The molecule has 18 heavy (non-hydrogen) atoms. The molecule has 3 N–H and O–H groups in total. The summed E-state index contributed by atoms with van der Waals surface area (Å²) in [6, 6.07) is 0. The van der Waals surface area contributed by atoms with Crippen molar-refractivity contribution < 1.29 is 0 Å². The lowest BCUT2D eigenvalue weighted by Crippen LogP contribution is -2.41. The van der Waals surface area contributed by atoms with Crippen LogP contribution in [0.1, 0.15) is 46.0 Å². The Bertz CT molecular complexity index is 185. The van der Waals surface area contributed by atoms with Crippen LogP contribution in [0, 0.1) is 11.8 Å². The van der Waals surface area contributed by atoms with E-state index < -0.39 is 0 Å². The molecule has 3 nitrogen and oxygen atoms in total. The van der Waals surface area contributed by atoms with Crippen molar-refractivity contribution in [2.75, 3.05) is 39.3 Å². The molecule has 1 aliphatic carbocycles. The number of hydrogen-bond acceptors (Lipinski definition) is 3. The second kappa shape index (κ2) is 10.8. The highest BCUT2D eigenvalue weighted by molar-refractivity contribution is 4.83. The Balaban J connectivity index is 1.89. The molecule has 0 aromatic heterocycles. The van der Waals surface area contributed by atoms with Gasteiger partial charge in [0.2, 0.25) is 0 Å². The van der Waals surface area contributed by atoms with E-state index in [4.69, 9.17) is 0 Å². The maximum atomic E-state index is 3.61. The molecule has 0 radical (unpaired) electrons. The Hall–Kier alpha value is -0.120. The van der Waals surface area contributed by atoms with E-state index in [1.807, 2.05) is 0 Å². The summed E-state index contributed by atoms with van der Waals surface area (Å²) in [5.41, 5.74) is 0. The zero-order chi connectivity index (χ0) is 13.1. The first-order valence-corrected chi connectivity index (χ1v) is 8.00. The smallest absolute Gasteiger partial charge is 0.00174 e. The van der Waals surface area contributed by atoms with Gasteiger partial charge >= 0.3 is 0 Å². The van der Waals surface area contributed by atoms with E-state index in [1.165, 1.54) is 58.3 Å². The summed E-state index contributed by atoms with van der Waals surface area (Å²) in [5, 5.41) is 10.6. The molecule has 2 atom stereocenters. The third-order valence-electron chi connectivity index (χ3n) is 4.05. The van der Waals surface area contributed by atoms with Crippen molar-refractivity contribution in [1.29, 1.82) is 0 Å². The molecule has 2 unspecified atom stereocenters. The second-order valence-electron chi connectivity index (χ2n) is 5.57. The Labute approximate surface area is 113 Å². The van der Waals surface area contributed by atoms with Gasteiger partial charge in [0.1, 0.15) is 0 Å². The van der Waals surface area contributed by atoms with Crippen LogP contribution in [-0.2, 0) is 0 Å². The number of rotatable bonds is 12. The van der Waals surface area contributed by atoms with Gasteiger partial charge in [-0.1, -0.05) is 20.3 Å². The van der Waals surface area contributed by atoms with Gasteiger partial charge in [0.05, 0.1) is 0 Å². The molecule has 1 rings (SSSR count). The molecule has 0 amide bonds. The molecule has 108 valence electrons. The molecule has 1 fully saturated rings. The fourth-order valence-electron chi connectivity index (χ4n) is 2.57. The second-order valence-corrected chi connectivity index (χ2v) is 5.57. The summed E-state index contributed by atoms with van der Waals surface area (Å²) in [6.07, 6.45) is 6.73. The van der Waals surface area contributed by atoms with Crippen LogP contribution in [-0.4, -0.2) is 39.3 Å². The van der Waals surface area contributed by atoms with Gasteiger partial charge in [-0.15, -0.1) is 0 Å². The summed E-state index contributed by atoms with van der Waals surface area (Å²) in [6.45, 7) is 11.5. The van der Waals surface area contributed by atoms with Crippen LogP contribution >= 0.6 is 0 Å². The molecule has 3 heteroatoms. The number of unbranched alkanes of at least 4 members (excludes halogenated alkanes) is 1. The van der Waals surface area contributed by atoms with Crippen molar-refractivity contribution in [3.8, 4) is 0 Å². The first kappa shape index (κ1) is 15.9. The lowest BCUT2D eigenvalue weighted by Gasteiger charge is -2.37. The molecule has 0 aromatic rings. The van der Waals surface area contributed by atoms with Gasteiger partial charge in [0.25, 0.3) is 0 Å². The van der Waals surface area contributed by atoms with Crippen molar-refractivity contribution >= 4 is 0 Å². The topological polar surface area (TPSA) is 36.1 Å². The first-order valence-electron chi connectivity index (χ1n) is 8.00. The minimum Gasteiger partial charge on any atom is -0.317 e. The summed E-state index contributed by atoms with van der Waals surface area (Å²) in [4.78, 5) is 0. The van der Waals surface area contributed by atoms with E-state index in [2.05, 4.69) is 29.8 Å². The fraction of sp³-hybridized carbons (Fsp3) is 1.00. The molecular weight excluding hydrogens is 222 g/mol. The lowest BCUT2D eigenvalue weighted by molar-refractivity contribution is 0.167. The van der Waals surface area contributed by atoms with Crippen LogP contribution in [0.2, 0.25) is 0 Å². The number of hydrogen-bond donors (Lipinski definition) is 3. The van der Waals surface area contributed by atoms with E-state index in [9.17, 15) is 0 Å². The average Bonchev–Trinajstić information content (AvgIpc) is 2.36. The van der Waals surface area contributed by atoms with E-state index >= 15 is 0 Å². The van der Waals surface area contributed by atoms with Gasteiger partial charge in [-0.25, -0.2) is 0 Å². The van der Waals surface area contributed by atoms with Gasteiger partial charge in [-0.3, -0.25) is 0 Å². The van der Waals surface area contributed by atoms with Crippen LogP contribution in [0.5, 0.6) is 0 Å². The predicted octanol–water partition coefficient (Wildman–Crippen LogP) is 1.99. The summed E-state index contributed by atoms with van der Waals surface area (Å²) < 4.78 is 0. The van der Waals surface area contributed by atoms with Crippen LogP contribution in [0.15, 0.2) is 0 Å². The quantitative estimate of drug-likeness (QED) is 0.467. The molecule has 0 bridgehead atoms. The van der Waals surface area contributed by atoms with Crippen molar-refractivity contribution in [3.63, 3.8) is 0 Å². The third-order valence-corrected chi connectivity index (χ3v) is 4.05. The SMILES string of the molecule is CCCCNCC1CCC1CNCCCNCC. The Morgan fingerprint density at radius 1 is 0.778 bits per heavy atom. The van der Waals surface area contributed by atoms with Crippen molar-refractivity contribution in [3.05, 3.63) is 0 Å². The maximum absolute atomic E-state index is 3.61. The van der Waals surface area contributed by atoms with Crippen LogP contribution < -0.4 is 16.0 Å². The predicted molar refractivity (Wildman–Crippen MR) is 80.0 cm³/mol. The summed E-state index contributed by atoms with van der Waals surface area (Å²) in [7, 11) is 0. The molecule has 0 aromatic carbocycles. The summed E-state index contributed by atoms with van der Waals surface area (Å²) in [5.74, 6) is 1.86. The van der Waals surface area contributed by atoms with Crippen LogP contribution in [0.3, 0.4) is 0 Å². The lowest BCUT2D eigenvalue weighted by atomic mass is 9.73. The molecule has 0 spiro atoms. The van der Waals surface area contributed by atoms with E-state index in [1.54, 1.807) is 0 Å². The zero-order valence-corrected chi connectivity index (χ0v) is 12.4. The van der Waals surface area contributed by atoms with Gasteiger partial charge < -0.3 is 16.0 Å². The van der Waals surface area contributed by atoms with E-state index in [0.29, 0.717) is 0 Å². The van der Waals surface area contributed by atoms with E-state index in [0.717, 1.165) is 24.9 Å². The highest BCUT2D eigenvalue weighted by atomic mass is 14.9. The highest BCUT2D eigenvalue weighted by Gasteiger charge is 2.29. The Kier molecular flexibility index (Phi) is 9.54.